The van der Waals surface area contributed by atoms with E-state index in [1.807, 2.05) is 117 Å². The van der Waals surface area contributed by atoms with Gasteiger partial charge in [0.15, 0.2) is 0 Å². The Bertz CT molecular complexity index is 1410. The first kappa shape index (κ1) is 28.6. The first-order chi connectivity index (χ1) is 19.2. The number of benzene rings is 4. The van der Waals surface area contributed by atoms with Crippen LogP contribution < -0.4 is 10.2 Å². The number of amides is 2. The second-order valence-electron chi connectivity index (χ2n) is 10.8. The number of hydrogen-bond acceptors (Lipinski definition) is 3. The molecular weight excluding hydrogens is 494 g/mol. The highest BCUT2D eigenvalue weighted by molar-refractivity contribution is 5.98. The number of nitrogens with one attached hydrogen (secondary N) is 1. The van der Waals surface area contributed by atoms with Gasteiger partial charge in [0, 0.05) is 32.0 Å². The third kappa shape index (κ3) is 7.17. The smallest absolute Gasteiger partial charge is 0.251 e. The third-order valence-corrected chi connectivity index (χ3v) is 7.25. The van der Waals surface area contributed by atoms with Crippen molar-refractivity contribution in [3.05, 3.63) is 131 Å². The summed E-state index contributed by atoms with van der Waals surface area (Å²) in [5.74, 6) is 0.00899. The molecule has 0 heterocycles. The molecule has 4 rings (SSSR count). The first-order valence-electron chi connectivity index (χ1n) is 13.8. The highest BCUT2D eigenvalue weighted by Gasteiger charge is 2.32. The summed E-state index contributed by atoms with van der Waals surface area (Å²) in [6.07, 6.45) is 0.206. The van der Waals surface area contributed by atoms with Crippen LogP contribution in [0.4, 0.5) is 11.4 Å². The fraction of sp³-hybridized carbons (Fsp3) is 0.257. The summed E-state index contributed by atoms with van der Waals surface area (Å²) < 4.78 is 0. The van der Waals surface area contributed by atoms with Crippen molar-refractivity contribution in [2.45, 2.75) is 45.7 Å². The van der Waals surface area contributed by atoms with E-state index in [2.05, 4.69) is 31.3 Å². The molecule has 2 amide bonds. The Morgan fingerprint density at radius 2 is 1.35 bits per heavy atom. The molecule has 0 saturated heterocycles. The molecule has 4 aromatic rings. The van der Waals surface area contributed by atoms with E-state index in [4.69, 9.17) is 0 Å². The van der Waals surface area contributed by atoms with Crippen LogP contribution in [-0.2, 0) is 22.6 Å². The van der Waals surface area contributed by atoms with Crippen molar-refractivity contribution in [3.8, 4) is 0 Å². The maximum atomic E-state index is 14.1. The summed E-state index contributed by atoms with van der Waals surface area (Å²) in [5, 5.41) is 3.09. The lowest BCUT2D eigenvalue weighted by Crippen LogP contribution is -2.41. The van der Waals surface area contributed by atoms with Crippen molar-refractivity contribution in [1.29, 1.82) is 0 Å². The predicted molar refractivity (Wildman–Crippen MR) is 165 cm³/mol. The van der Waals surface area contributed by atoms with Crippen LogP contribution in [0.2, 0.25) is 0 Å². The van der Waals surface area contributed by atoms with Gasteiger partial charge in [-0.1, -0.05) is 92.7 Å². The number of nitrogens with zero attached hydrogens (tertiary/aromatic N) is 2. The molecule has 1 unspecified atom stereocenters. The van der Waals surface area contributed by atoms with Crippen molar-refractivity contribution in [2.75, 3.05) is 24.3 Å². The molecule has 0 radical (unpaired) electrons. The molecule has 4 aromatic carbocycles. The number of aryl methyl sites for hydroxylation is 1. The molecule has 0 aliphatic carbocycles. The van der Waals surface area contributed by atoms with Crippen LogP contribution in [0.25, 0.3) is 0 Å². The lowest BCUT2D eigenvalue weighted by atomic mass is 9.96. The van der Waals surface area contributed by atoms with Crippen molar-refractivity contribution < 1.29 is 9.59 Å². The minimum absolute atomic E-state index is 0.106. The largest absolute Gasteiger partial charge is 0.378 e. The van der Waals surface area contributed by atoms with Crippen molar-refractivity contribution in [3.63, 3.8) is 0 Å². The molecule has 206 valence electrons. The summed E-state index contributed by atoms with van der Waals surface area (Å²) in [4.78, 5) is 31.9. The first-order valence-corrected chi connectivity index (χ1v) is 13.8. The zero-order valence-electron chi connectivity index (χ0n) is 24.1. The van der Waals surface area contributed by atoms with Gasteiger partial charge in [-0.3, -0.25) is 9.59 Å². The molecule has 1 atom stereocenters. The molecule has 0 saturated carbocycles. The number of anilines is 2. The molecule has 1 N–H and O–H groups in total. The zero-order chi connectivity index (χ0) is 28.6. The number of hydrogen-bond donors (Lipinski definition) is 1. The van der Waals surface area contributed by atoms with Gasteiger partial charge in [0.1, 0.15) is 6.04 Å². The fourth-order valence-electron chi connectivity index (χ4n) is 4.76. The van der Waals surface area contributed by atoms with Gasteiger partial charge in [0.2, 0.25) is 5.91 Å². The van der Waals surface area contributed by atoms with E-state index in [1.165, 1.54) is 5.56 Å². The number of carbonyl (C=O) groups excluding carboxylic acids is 2. The van der Waals surface area contributed by atoms with Gasteiger partial charge in [0.25, 0.3) is 5.91 Å². The zero-order valence-corrected chi connectivity index (χ0v) is 24.1. The maximum Gasteiger partial charge on any atom is 0.251 e. The van der Waals surface area contributed by atoms with Crippen LogP contribution >= 0.6 is 0 Å². The Balaban J connectivity index is 1.75. The minimum Gasteiger partial charge on any atom is -0.378 e. The predicted octanol–water partition coefficient (Wildman–Crippen LogP) is 7.14. The average Bonchev–Trinajstić information content (AvgIpc) is 2.95. The second kappa shape index (κ2) is 13.1. The van der Waals surface area contributed by atoms with E-state index in [-0.39, 0.29) is 18.2 Å². The fourth-order valence-corrected chi connectivity index (χ4v) is 4.76. The standard InChI is InChI=1S/C35H39N3O2/c1-25(2)28-15-17-29(18-16-28)34(35(40)36-31-19-21-32(22-20-31)37(4)5)38(24-30-14-10-9-11-26(30)3)33(39)23-27-12-7-6-8-13-27/h6-22,25,34H,23-24H2,1-5H3,(H,36,40). The monoisotopic (exact) mass is 533 g/mol. The molecule has 0 aromatic heterocycles. The van der Waals surface area contributed by atoms with Gasteiger partial charge in [-0.15, -0.1) is 0 Å². The summed E-state index contributed by atoms with van der Waals surface area (Å²) in [7, 11) is 3.96. The molecule has 0 aliphatic rings. The summed E-state index contributed by atoms with van der Waals surface area (Å²) in [6, 6.07) is 32.7. The van der Waals surface area contributed by atoms with E-state index in [0.29, 0.717) is 18.2 Å². The minimum atomic E-state index is -0.814. The van der Waals surface area contributed by atoms with Gasteiger partial charge >= 0.3 is 0 Å². The topological polar surface area (TPSA) is 52.7 Å². The summed E-state index contributed by atoms with van der Waals surface area (Å²) in [6.45, 7) is 6.64. The molecule has 0 spiro atoms. The Morgan fingerprint density at radius 1 is 0.750 bits per heavy atom. The van der Waals surface area contributed by atoms with Crippen LogP contribution in [0.3, 0.4) is 0 Å². The summed E-state index contributed by atoms with van der Waals surface area (Å²) >= 11 is 0. The quantitative estimate of drug-likeness (QED) is 0.236. The van der Waals surface area contributed by atoms with Gasteiger partial charge in [-0.05, 0) is 64.9 Å². The molecule has 0 bridgehead atoms. The van der Waals surface area contributed by atoms with Gasteiger partial charge < -0.3 is 15.1 Å². The van der Waals surface area contributed by atoms with E-state index in [1.54, 1.807) is 4.90 Å². The summed E-state index contributed by atoms with van der Waals surface area (Å²) in [5.41, 5.74) is 6.69. The third-order valence-electron chi connectivity index (χ3n) is 7.25. The second-order valence-corrected chi connectivity index (χ2v) is 10.8. The normalized spacial score (nSPS) is 11.7. The van der Waals surface area contributed by atoms with Crippen LogP contribution in [0.15, 0.2) is 103 Å². The molecule has 5 nitrogen and oxygen atoms in total. The van der Waals surface area contributed by atoms with E-state index in [9.17, 15) is 9.59 Å². The number of rotatable bonds is 10. The Labute approximate surface area is 238 Å². The van der Waals surface area contributed by atoms with Crippen molar-refractivity contribution in [1.82, 2.24) is 4.90 Å². The van der Waals surface area contributed by atoms with E-state index in [0.717, 1.165) is 27.9 Å². The van der Waals surface area contributed by atoms with Gasteiger partial charge in [-0.2, -0.15) is 0 Å². The Hall–Kier alpha value is -4.38. The van der Waals surface area contributed by atoms with Crippen LogP contribution in [-0.4, -0.2) is 30.8 Å². The molecule has 0 aliphatic heterocycles. The van der Waals surface area contributed by atoms with E-state index >= 15 is 0 Å². The van der Waals surface area contributed by atoms with Gasteiger partial charge in [0.05, 0.1) is 6.42 Å². The highest BCUT2D eigenvalue weighted by Crippen LogP contribution is 2.29. The molecule has 40 heavy (non-hydrogen) atoms. The Kier molecular flexibility index (Phi) is 9.39. The van der Waals surface area contributed by atoms with Crippen molar-refractivity contribution in [2.24, 2.45) is 0 Å². The lowest BCUT2D eigenvalue weighted by Gasteiger charge is -2.32. The molecular formula is C35H39N3O2. The SMILES string of the molecule is Cc1ccccc1CN(C(=O)Cc1ccccc1)C(C(=O)Nc1ccc(N(C)C)cc1)c1ccc(C(C)C)cc1. The Morgan fingerprint density at radius 3 is 1.95 bits per heavy atom. The van der Waals surface area contributed by atoms with E-state index < -0.39 is 6.04 Å². The molecule has 0 fully saturated rings. The van der Waals surface area contributed by atoms with Crippen molar-refractivity contribution >= 4 is 23.2 Å². The van der Waals surface area contributed by atoms with Crippen LogP contribution in [0.1, 0.15) is 53.6 Å². The maximum absolute atomic E-state index is 14.1. The number of carbonyl (C=O) groups is 2. The average molecular weight is 534 g/mol. The van der Waals surface area contributed by atoms with Crippen LogP contribution in [0.5, 0.6) is 0 Å². The molecule has 5 heteroatoms. The van der Waals surface area contributed by atoms with Crippen LogP contribution in [0, 0.1) is 6.92 Å². The lowest BCUT2D eigenvalue weighted by molar-refractivity contribution is -0.139. The highest BCUT2D eigenvalue weighted by atomic mass is 16.2. The van der Waals surface area contributed by atoms with Gasteiger partial charge in [-0.25, -0.2) is 0 Å².